The predicted octanol–water partition coefficient (Wildman–Crippen LogP) is 4.32. The van der Waals surface area contributed by atoms with E-state index in [1.807, 2.05) is 13.8 Å². The highest BCUT2D eigenvalue weighted by atomic mass is 16.5. The van der Waals surface area contributed by atoms with Crippen molar-refractivity contribution in [3.8, 4) is 0 Å². The average molecular weight is 228 g/mol. The third-order valence-electron chi connectivity index (χ3n) is 2.72. The van der Waals surface area contributed by atoms with Crippen molar-refractivity contribution in [2.45, 2.75) is 79.2 Å². The monoisotopic (exact) mass is 228 g/mol. The first-order chi connectivity index (χ1) is 7.35. The number of hydrogen-bond acceptors (Lipinski definition) is 2. The zero-order chi connectivity index (χ0) is 12.6. The Morgan fingerprint density at radius 1 is 1.19 bits per heavy atom. The van der Waals surface area contributed by atoms with Gasteiger partial charge in [0, 0.05) is 6.42 Å². The van der Waals surface area contributed by atoms with Crippen LogP contribution in [0.5, 0.6) is 0 Å². The van der Waals surface area contributed by atoms with Gasteiger partial charge in [0.05, 0.1) is 6.10 Å². The Labute approximate surface area is 101 Å². The zero-order valence-corrected chi connectivity index (χ0v) is 11.6. The summed E-state index contributed by atoms with van der Waals surface area (Å²) in [6, 6.07) is 0. The molecule has 2 nitrogen and oxygen atoms in total. The number of carbonyl (C=O) groups is 1. The Hall–Kier alpha value is -0.530. The first-order valence-corrected chi connectivity index (χ1v) is 6.54. The minimum absolute atomic E-state index is 0.0369. The van der Waals surface area contributed by atoms with Gasteiger partial charge in [0.1, 0.15) is 0 Å². The quantitative estimate of drug-likeness (QED) is 0.479. The van der Waals surface area contributed by atoms with Crippen LogP contribution in [0.2, 0.25) is 0 Å². The summed E-state index contributed by atoms with van der Waals surface area (Å²) >= 11 is 0. The van der Waals surface area contributed by atoms with E-state index in [4.69, 9.17) is 4.74 Å². The van der Waals surface area contributed by atoms with Crippen LogP contribution in [0.4, 0.5) is 0 Å². The number of hydrogen-bond donors (Lipinski definition) is 0. The minimum atomic E-state index is -0.0369. The van der Waals surface area contributed by atoms with Crippen molar-refractivity contribution in [3.63, 3.8) is 0 Å². The maximum atomic E-state index is 11.4. The minimum Gasteiger partial charge on any atom is -0.463 e. The molecule has 0 aromatic heterocycles. The largest absolute Gasteiger partial charge is 0.463 e. The zero-order valence-electron chi connectivity index (χ0n) is 11.6. The van der Waals surface area contributed by atoms with Crippen molar-refractivity contribution in [1.82, 2.24) is 0 Å². The molecule has 0 aromatic carbocycles. The van der Waals surface area contributed by atoms with Crippen LogP contribution in [0.25, 0.3) is 0 Å². The summed E-state index contributed by atoms with van der Waals surface area (Å²) in [5.74, 6) is -0.0369. The van der Waals surface area contributed by atoms with Gasteiger partial charge >= 0.3 is 5.97 Å². The SMILES string of the molecule is CCC(C)OC(=O)CCCCCC(C)(C)C. The lowest BCUT2D eigenvalue weighted by Gasteiger charge is -2.17. The molecule has 96 valence electrons. The maximum Gasteiger partial charge on any atom is 0.306 e. The standard InChI is InChI=1S/C14H28O2/c1-6-12(2)16-13(15)10-8-7-9-11-14(3,4)5/h12H,6-11H2,1-5H3. The topological polar surface area (TPSA) is 26.3 Å². The molecule has 0 saturated heterocycles. The van der Waals surface area contributed by atoms with Gasteiger partial charge in [-0.05, 0) is 31.6 Å². The highest BCUT2D eigenvalue weighted by Crippen LogP contribution is 2.22. The fraction of sp³-hybridized carbons (Fsp3) is 0.929. The molecule has 2 heteroatoms. The number of unbranched alkanes of at least 4 members (excludes halogenated alkanes) is 2. The Morgan fingerprint density at radius 3 is 2.31 bits per heavy atom. The molecule has 1 unspecified atom stereocenters. The van der Waals surface area contributed by atoms with Crippen LogP contribution in [-0.4, -0.2) is 12.1 Å². The Balaban J connectivity index is 3.42. The van der Waals surface area contributed by atoms with Crippen LogP contribution in [0.15, 0.2) is 0 Å². The second kappa shape index (κ2) is 7.70. The molecule has 0 spiro atoms. The molecular formula is C14H28O2. The molecule has 0 fully saturated rings. The summed E-state index contributed by atoms with van der Waals surface area (Å²) in [5.41, 5.74) is 0.414. The molecule has 0 heterocycles. The van der Waals surface area contributed by atoms with Crippen molar-refractivity contribution in [2.24, 2.45) is 5.41 Å². The van der Waals surface area contributed by atoms with Crippen LogP contribution < -0.4 is 0 Å². The van der Waals surface area contributed by atoms with Crippen LogP contribution in [0.1, 0.15) is 73.1 Å². The Kier molecular flexibility index (Phi) is 7.44. The van der Waals surface area contributed by atoms with Crippen LogP contribution in [-0.2, 0) is 9.53 Å². The maximum absolute atomic E-state index is 11.4. The summed E-state index contributed by atoms with van der Waals surface area (Å²) in [5, 5.41) is 0. The summed E-state index contributed by atoms with van der Waals surface area (Å²) in [6.45, 7) is 10.7. The van der Waals surface area contributed by atoms with Gasteiger partial charge in [0.2, 0.25) is 0 Å². The van der Waals surface area contributed by atoms with Gasteiger partial charge in [-0.2, -0.15) is 0 Å². The molecular weight excluding hydrogens is 200 g/mol. The molecule has 0 aromatic rings. The predicted molar refractivity (Wildman–Crippen MR) is 68.4 cm³/mol. The van der Waals surface area contributed by atoms with E-state index >= 15 is 0 Å². The highest BCUT2D eigenvalue weighted by molar-refractivity contribution is 5.69. The van der Waals surface area contributed by atoms with E-state index in [9.17, 15) is 4.79 Å². The summed E-state index contributed by atoms with van der Waals surface area (Å²) in [6.07, 6.45) is 6.08. The molecule has 0 aliphatic rings. The van der Waals surface area contributed by atoms with Gasteiger partial charge in [-0.25, -0.2) is 0 Å². The lowest BCUT2D eigenvalue weighted by atomic mass is 9.89. The fourth-order valence-electron chi connectivity index (χ4n) is 1.47. The molecule has 0 rings (SSSR count). The van der Waals surface area contributed by atoms with Gasteiger partial charge in [-0.3, -0.25) is 4.79 Å². The second-order valence-electron chi connectivity index (χ2n) is 5.83. The molecule has 0 aliphatic carbocycles. The van der Waals surface area contributed by atoms with E-state index in [1.165, 1.54) is 12.8 Å². The van der Waals surface area contributed by atoms with Gasteiger partial charge in [0.25, 0.3) is 0 Å². The van der Waals surface area contributed by atoms with Gasteiger partial charge in [-0.1, -0.05) is 40.5 Å². The number of ether oxygens (including phenoxy) is 1. The second-order valence-corrected chi connectivity index (χ2v) is 5.83. The third kappa shape index (κ3) is 10.0. The van der Waals surface area contributed by atoms with Crippen LogP contribution in [0.3, 0.4) is 0 Å². The van der Waals surface area contributed by atoms with Gasteiger partial charge in [-0.15, -0.1) is 0 Å². The summed E-state index contributed by atoms with van der Waals surface area (Å²) in [7, 11) is 0. The summed E-state index contributed by atoms with van der Waals surface area (Å²) < 4.78 is 5.21. The number of esters is 1. The van der Waals surface area contributed by atoms with E-state index in [0.717, 1.165) is 19.3 Å². The molecule has 16 heavy (non-hydrogen) atoms. The van der Waals surface area contributed by atoms with E-state index in [0.29, 0.717) is 11.8 Å². The molecule has 0 bridgehead atoms. The smallest absolute Gasteiger partial charge is 0.306 e. The van der Waals surface area contributed by atoms with Crippen molar-refractivity contribution in [3.05, 3.63) is 0 Å². The fourth-order valence-corrected chi connectivity index (χ4v) is 1.47. The first-order valence-electron chi connectivity index (χ1n) is 6.54. The molecule has 0 N–H and O–H groups in total. The number of carbonyl (C=O) groups excluding carboxylic acids is 1. The molecule has 0 radical (unpaired) electrons. The average Bonchev–Trinajstić information content (AvgIpc) is 2.15. The molecule has 0 aliphatic heterocycles. The van der Waals surface area contributed by atoms with E-state index in [1.54, 1.807) is 0 Å². The van der Waals surface area contributed by atoms with Crippen molar-refractivity contribution in [1.29, 1.82) is 0 Å². The van der Waals surface area contributed by atoms with E-state index in [2.05, 4.69) is 20.8 Å². The van der Waals surface area contributed by atoms with Gasteiger partial charge in [0.15, 0.2) is 0 Å². The lowest BCUT2D eigenvalue weighted by molar-refractivity contribution is -0.148. The van der Waals surface area contributed by atoms with Crippen molar-refractivity contribution in [2.75, 3.05) is 0 Å². The van der Waals surface area contributed by atoms with Crippen LogP contribution >= 0.6 is 0 Å². The normalized spacial score (nSPS) is 13.6. The Morgan fingerprint density at radius 2 is 1.81 bits per heavy atom. The van der Waals surface area contributed by atoms with Crippen molar-refractivity contribution < 1.29 is 9.53 Å². The Bertz CT molecular complexity index is 191. The molecule has 0 amide bonds. The highest BCUT2D eigenvalue weighted by Gasteiger charge is 2.10. The third-order valence-corrected chi connectivity index (χ3v) is 2.72. The van der Waals surface area contributed by atoms with Crippen LogP contribution in [0, 0.1) is 5.41 Å². The van der Waals surface area contributed by atoms with E-state index in [-0.39, 0.29) is 12.1 Å². The number of rotatable bonds is 7. The molecule has 0 saturated carbocycles. The van der Waals surface area contributed by atoms with Crippen molar-refractivity contribution >= 4 is 5.97 Å². The molecule has 1 atom stereocenters. The summed E-state index contributed by atoms with van der Waals surface area (Å²) in [4.78, 5) is 11.4. The van der Waals surface area contributed by atoms with E-state index < -0.39 is 0 Å². The lowest BCUT2D eigenvalue weighted by Crippen LogP contribution is -2.13. The first kappa shape index (κ1) is 15.5. The van der Waals surface area contributed by atoms with Gasteiger partial charge < -0.3 is 4.74 Å².